The SMILES string of the molecule is CN(C1CCN(CCCN2CCCc3c(ccnc3-c3ccc(Cl)c(Cl)c3)C2=O)CC1)S(C)(=O)=O. The summed E-state index contributed by atoms with van der Waals surface area (Å²) in [6, 6.07) is 7.34. The van der Waals surface area contributed by atoms with Crippen molar-refractivity contribution < 1.29 is 13.2 Å². The molecule has 7 nitrogen and oxygen atoms in total. The Hall–Kier alpha value is -1.71. The lowest BCUT2D eigenvalue weighted by molar-refractivity contribution is 0.0749. The van der Waals surface area contributed by atoms with Crippen LogP contribution in [0.4, 0.5) is 0 Å². The van der Waals surface area contributed by atoms with Gasteiger partial charge in [0, 0.05) is 43.5 Å². The minimum absolute atomic E-state index is 0.0506. The van der Waals surface area contributed by atoms with Crippen molar-refractivity contribution in [1.29, 1.82) is 0 Å². The predicted molar refractivity (Wildman–Crippen MR) is 141 cm³/mol. The molecule has 4 rings (SSSR count). The number of carbonyl (C=O) groups is 1. The molecule has 0 spiro atoms. The molecule has 0 atom stereocenters. The number of rotatable bonds is 7. The Morgan fingerprint density at radius 3 is 2.51 bits per heavy atom. The van der Waals surface area contributed by atoms with Crippen LogP contribution in [-0.4, -0.2) is 85.5 Å². The maximum atomic E-state index is 13.4. The molecule has 0 radical (unpaired) electrons. The fraction of sp³-hybridized carbons (Fsp3) is 0.520. The van der Waals surface area contributed by atoms with E-state index < -0.39 is 10.0 Å². The molecule has 1 amide bonds. The van der Waals surface area contributed by atoms with Gasteiger partial charge in [0.15, 0.2) is 0 Å². The summed E-state index contributed by atoms with van der Waals surface area (Å²) in [7, 11) is -1.49. The maximum Gasteiger partial charge on any atom is 0.254 e. The number of amides is 1. The zero-order valence-electron chi connectivity index (χ0n) is 20.2. The van der Waals surface area contributed by atoms with E-state index in [0.29, 0.717) is 22.2 Å². The normalized spacial score (nSPS) is 18.1. The molecule has 1 aromatic heterocycles. The number of hydrogen-bond acceptors (Lipinski definition) is 5. The van der Waals surface area contributed by atoms with Crippen molar-refractivity contribution >= 4 is 39.1 Å². The highest BCUT2D eigenvalue weighted by Crippen LogP contribution is 2.32. The average Bonchev–Trinajstić information content (AvgIpc) is 2.99. The van der Waals surface area contributed by atoms with Crippen LogP contribution in [0.5, 0.6) is 0 Å². The molecule has 1 aromatic carbocycles. The first-order valence-corrected chi connectivity index (χ1v) is 14.6. The van der Waals surface area contributed by atoms with Gasteiger partial charge >= 0.3 is 0 Å². The van der Waals surface area contributed by atoms with Gasteiger partial charge in [0.25, 0.3) is 5.91 Å². The quantitative estimate of drug-likeness (QED) is 0.528. The second-order valence-electron chi connectivity index (χ2n) is 9.42. The van der Waals surface area contributed by atoms with E-state index in [-0.39, 0.29) is 11.9 Å². The van der Waals surface area contributed by atoms with Crippen molar-refractivity contribution in [2.45, 2.75) is 38.1 Å². The summed E-state index contributed by atoms with van der Waals surface area (Å²) in [5, 5.41) is 0.962. The maximum absolute atomic E-state index is 13.4. The number of fused-ring (bicyclic) bond motifs is 1. The largest absolute Gasteiger partial charge is 0.339 e. The Kier molecular flexibility index (Phi) is 8.38. The molecule has 0 bridgehead atoms. The van der Waals surface area contributed by atoms with Crippen molar-refractivity contribution in [2.24, 2.45) is 0 Å². The molecule has 2 aromatic rings. The number of carbonyl (C=O) groups excluding carboxylic acids is 1. The number of benzene rings is 1. The first-order chi connectivity index (χ1) is 16.6. The van der Waals surface area contributed by atoms with Crippen molar-refractivity contribution in [3.8, 4) is 11.3 Å². The van der Waals surface area contributed by atoms with Gasteiger partial charge in [-0.2, -0.15) is 0 Å². The van der Waals surface area contributed by atoms with Crippen molar-refractivity contribution in [3.63, 3.8) is 0 Å². The third-order valence-electron chi connectivity index (χ3n) is 7.12. The van der Waals surface area contributed by atoms with Crippen LogP contribution in [0.2, 0.25) is 10.0 Å². The van der Waals surface area contributed by atoms with Crippen LogP contribution in [-0.2, 0) is 16.4 Å². The molecule has 3 heterocycles. The van der Waals surface area contributed by atoms with Crippen LogP contribution in [0.1, 0.15) is 41.6 Å². The van der Waals surface area contributed by atoms with Gasteiger partial charge in [-0.15, -0.1) is 0 Å². The van der Waals surface area contributed by atoms with E-state index in [2.05, 4.69) is 9.88 Å². The Morgan fingerprint density at radius 2 is 1.83 bits per heavy atom. The van der Waals surface area contributed by atoms with E-state index in [9.17, 15) is 13.2 Å². The molecule has 0 N–H and O–H groups in total. The highest BCUT2D eigenvalue weighted by molar-refractivity contribution is 7.88. The van der Waals surface area contributed by atoms with E-state index >= 15 is 0 Å². The number of sulfonamides is 1. The molecular weight excluding hydrogens is 507 g/mol. The molecule has 2 aliphatic heterocycles. The third-order valence-corrected chi connectivity index (χ3v) is 9.20. The fourth-order valence-corrected chi connectivity index (χ4v) is 6.08. The second kappa shape index (κ2) is 11.1. The summed E-state index contributed by atoms with van der Waals surface area (Å²) in [6.45, 7) is 4.07. The standard InChI is InChI=1S/C25H32Cl2N4O3S/c1-29(35(2,33)34)19-9-15-30(16-10-19)12-4-14-31-13-3-5-20-21(25(31)32)8-11-28-24(20)18-6-7-22(26)23(27)17-18/h6-8,11,17,19H,3-5,9-10,12-16H2,1-2H3. The monoisotopic (exact) mass is 538 g/mol. The van der Waals surface area contributed by atoms with Gasteiger partial charge < -0.3 is 9.80 Å². The molecule has 2 aliphatic rings. The Morgan fingerprint density at radius 1 is 1.09 bits per heavy atom. The molecule has 10 heteroatoms. The topological polar surface area (TPSA) is 73.8 Å². The van der Waals surface area contributed by atoms with Crippen LogP contribution in [0.3, 0.4) is 0 Å². The van der Waals surface area contributed by atoms with E-state index in [4.69, 9.17) is 23.2 Å². The number of nitrogens with zero attached hydrogens (tertiary/aromatic N) is 4. The summed E-state index contributed by atoms with van der Waals surface area (Å²) in [5.41, 5.74) is 3.33. The smallest absolute Gasteiger partial charge is 0.254 e. The molecule has 1 saturated heterocycles. The van der Waals surface area contributed by atoms with E-state index in [0.717, 1.165) is 75.1 Å². The predicted octanol–water partition coefficient (Wildman–Crippen LogP) is 4.19. The number of piperidine rings is 1. The number of likely N-dealkylation sites (tertiary alicyclic amines) is 1. The molecule has 190 valence electrons. The number of halogens is 2. The average molecular weight is 540 g/mol. The van der Waals surface area contributed by atoms with Gasteiger partial charge in [0.05, 0.1) is 22.0 Å². The lowest BCUT2D eigenvalue weighted by atomic mass is 9.98. The van der Waals surface area contributed by atoms with Crippen LogP contribution < -0.4 is 0 Å². The van der Waals surface area contributed by atoms with E-state index in [1.807, 2.05) is 17.0 Å². The van der Waals surface area contributed by atoms with Crippen molar-refractivity contribution in [1.82, 2.24) is 19.1 Å². The zero-order valence-corrected chi connectivity index (χ0v) is 22.5. The third kappa shape index (κ3) is 6.17. The first kappa shape index (κ1) is 26.4. The van der Waals surface area contributed by atoms with Gasteiger partial charge in [0.2, 0.25) is 10.0 Å². The van der Waals surface area contributed by atoms with Crippen LogP contribution in [0.15, 0.2) is 30.5 Å². The fourth-order valence-electron chi connectivity index (χ4n) is 5.03. The minimum Gasteiger partial charge on any atom is -0.339 e. The molecular formula is C25H32Cl2N4O3S. The summed E-state index contributed by atoms with van der Waals surface area (Å²) in [4.78, 5) is 22.3. The molecule has 0 aliphatic carbocycles. The highest BCUT2D eigenvalue weighted by Gasteiger charge is 2.28. The molecule has 1 fully saturated rings. The number of pyridine rings is 1. The Labute approximate surface area is 218 Å². The van der Waals surface area contributed by atoms with Crippen molar-refractivity contribution in [2.75, 3.05) is 46.0 Å². The summed E-state index contributed by atoms with van der Waals surface area (Å²) in [5.74, 6) is 0.0506. The molecule has 0 unspecified atom stereocenters. The van der Waals surface area contributed by atoms with Gasteiger partial charge in [-0.05, 0) is 75.5 Å². The summed E-state index contributed by atoms with van der Waals surface area (Å²) in [6.07, 6.45) is 7.17. The Balaban J connectivity index is 1.36. The molecule has 35 heavy (non-hydrogen) atoms. The van der Waals surface area contributed by atoms with Crippen LogP contribution in [0, 0.1) is 0 Å². The number of aromatic nitrogens is 1. The lowest BCUT2D eigenvalue weighted by Crippen LogP contribution is -2.45. The summed E-state index contributed by atoms with van der Waals surface area (Å²) < 4.78 is 25.1. The van der Waals surface area contributed by atoms with Gasteiger partial charge in [0.1, 0.15) is 0 Å². The second-order valence-corrected chi connectivity index (χ2v) is 12.3. The van der Waals surface area contributed by atoms with Crippen molar-refractivity contribution in [3.05, 3.63) is 51.6 Å². The van der Waals surface area contributed by atoms with E-state index in [1.165, 1.54) is 10.6 Å². The van der Waals surface area contributed by atoms with Gasteiger partial charge in [-0.25, -0.2) is 12.7 Å². The zero-order chi connectivity index (χ0) is 25.2. The van der Waals surface area contributed by atoms with Crippen LogP contribution >= 0.6 is 23.2 Å². The Bertz CT molecular complexity index is 1180. The van der Waals surface area contributed by atoms with Gasteiger partial charge in [-0.3, -0.25) is 9.78 Å². The highest BCUT2D eigenvalue weighted by atomic mass is 35.5. The van der Waals surface area contributed by atoms with E-state index in [1.54, 1.807) is 25.4 Å². The first-order valence-electron chi connectivity index (χ1n) is 12.0. The molecule has 0 saturated carbocycles. The minimum atomic E-state index is -3.16. The number of hydrogen-bond donors (Lipinski definition) is 0. The van der Waals surface area contributed by atoms with Crippen LogP contribution in [0.25, 0.3) is 11.3 Å². The lowest BCUT2D eigenvalue weighted by Gasteiger charge is -2.36. The summed E-state index contributed by atoms with van der Waals surface area (Å²) >= 11 is 12.3. The van der Waals surface area contributed by atoms with Gasteiger partial charge in [-0.1, -0.05) is 29.3 Å².